The molecule has 0 amide bonds. The minimum atomic E-state index is 0.325. The van der Waals surface area contributed by atoms with Crippen LogP contribution in [0.2, 0.25) is 0 Å². The zero-order valence-electron chi connectivity index (χ0n) is 12.7. The SMILES string of the molecule is Cc1nn(C)c(C)c1CC(CCC(C)(C)C)NN. The van der Waals surface area contributed by atoms with E-state index in [1.165, 1.54) is 17.7 Å². The fourth-order valence-electron chi connectivity index (χ4n) is 2.21. The summed E-state index contributed by atoms with van der Waals surface area (Å²) in [6.45, 7) is 11.0. The molecule has 0 saturated heterocycles. The molecule has 18 heavy (non-hydrogen) atoms. The number of nitrogens with two attached hydrogens (primary N) is 1. The predicted octanol–water partition coefficient (Wildman–Crippen LogP) is 2.24. The maximum Gasteiger partial charge on any atom is 0.0628 e. The lowest BCUT2D eigenvalue weighted by molar-refractivity contribution is 0.329. The van der Waals surface area contributed by atoms with Gasteiger partial charge in [0.25, 0.3) is 0 Å². The molecule has 0 aliphatic carbocycles. The monoisotopic (exact) mass is 252 g/mol. The molecule has 0 fully saturated rings. The van der Waals surface area contributed by atoms with Crippen molar-refractivity contribution < 1.29 is 0 Å². The molecule has 3 N–H and O–H groups in total. The standard InChI is InChI=1S/C14H28N4/c1-10-13(11(2)18(6)17-10)9-12(16-15)7-8-14(3,4)5/h12,16H,7-9,15H2,1-6H3. The third-order valence-electron chi connectivity index (χ3n) is 3.59. The molecule has 0 saturated carbocycles. The minimum Gasteiger partial charge on any atom is -0.272 e. The van der Waals surface area contributed by atoms with Crippen LogP contribution < -0.4 is 11.3 Å². The van der Waals surface area contributed by atoms with E-state index in [1.807, 2.05) is 11.7 Å². The average Bonchev–Trinajstić information content (AvgIpc) is 2.48. The lowest BCUT2D eigenvalue weighted by atomic mass is 9.87. The summed E-state index contributed by atoms with van der Waals surface area (Å²) < 4.78 is 1.95. The van der Waals surface area contributed by atoms with Gasteiger partial charge in [-0.15, -0.1) is 0 Å². The number of hydrogen-bond donors (Lipinski definition) is 2. The second-order valence-corrected chi connectivity index (χ2v) is 6.44. The number of aromatic nitrogens is 2. The Balaban J connectivity index is 2.68. The van der Waals surface area contributed by atoms with Gasteiger partial charge in [0.1, 0.15) is 0 Å². The molecule has 1 rings (SSSR count). The Morgan fingerprint density at radius 1 is 1.33 bits per heavy atom. The summed E-state index contributed by atoms with van der Waals surface area (Å²) in [4.78, 5) is 0. The van der Waals surface area contributed by atoms with E-state index >= 15 is 0 Å². The van der Waals surface area contributed by atoms with Crippen LogP contribution in [-0.4, -0.2) is 15.8 Å². The molecular formula is C14H28N4. The molecule has 1 heterocycles. The first kappa shape index (κ1) is 15.2. The van der Waals surface area contributed by atoms with Crippen molar-refractivity contribution in [3.05, 3.63) is 17.0 Å². The first-order chi connectivity index (χ1) is 8.24. The summed E-state index contributed by atoms with van der Waals surface area (Å²) in [6.07, 6.45) is 3.21. The van der Waals surface area contributed by atoms with Crippen LogP contribution in [0.15, 0.2) is 0 Å². The van der Waals surface area contributed by atoms with Crippen LogP contribution in [0.3, 0.4) is 0 Å². The fraction of sp³-hybridized carbons (Fsp3) is 0.786. The molecular weight excluding hydrogens is 224 g/mol. The number of hydrogen-bond acceptors (Lipinski definition) is 3. The van der Waals surface area contributed by atoms with Gasteiger partial charge in [-0.1, -0.05) is 20.8 Å². The van der Waals surface area contributed by atoms with E-state index in [0.29, 0.717) is 11.5 Å². The first-order valence-corrected chi connectivity index (χ1v) is 6.70. The van der Waals surface area contributed by atoms with E-state index in [9.17, 15) is 0 Å². The molecule has 0 spiro atoms. The highest BCUT2D eigenvalue weighted by Gasteiger charge is 2.18. The van der Waals surface area contributed by atoms with Gasteiger partial charge >= 0.3 is 0 Å². The lowest BCUT2D eigenvalue weighted by Gasteiger charge is -2.22. The quantitative estimate of drug-likeness (QED) is 0.624. The molecule has 0 aliphatic heterocycles. The van der Waals surface area contributed by atoms with Crippen molar-refractivity contribution in [1.29, 1.82) is 0 Å². The number of hydrazine groups is 1. The van der Waals surface area contributed by atoms with Gasteiger partial charge in [0.2, 0.25) is 0 Å². The molecule has 104 valence electrons. The van der Waals surface area contributed by atoms with E-state index in [4.69, 9.17) is 5.84 Å². The molecule has 0 radical (unpaired) electrons. The van der Waals surface area contributed by atoms with Crippen LogP contribution in [0.4, 0.5) is 0 Å². The highest BCUT2D eigenvalue weighted by atomic mass is 15.3. The number of aryl methyl sites for hydroxylation is 2. The van der Waals surface area contributed by atoms with Gasteiger partial charge in [-0.25, -0.2) is 0 Å². The molecule has 1 unspecified atom stereocenters. The molecule has 0 aromatic carbocycles. The maximum absolute atomic E-state index is 5.68. The molecule has 4 heteroatoms. The van der Waals surface area contributed by atoms with E-state index in [1.54, 1.807) is 0 Å². The summed E-state index contributed by atoms with van der Waals surface area (Å²) in [5, 5.41) is 4.45. The Morgan fingerprint density at radius 2 is 1.94 bits per heavy atom. The van der Waals surface area contributed by atoms with Gasteiger partial charge in [-0.2, -0.15) is 5.10 Å². The topological polar surface area (TPSA) is 55.9 Å². The van der Waals surface area contributed by atoms with E-state index in [0.717, 1.165) is 18.5 Å². The van der Waals surface area contributed by atoms with Gasteiger partial charge in [0.05, 0.1) is 5.69 Å². The average molecular weight is 252 g/mol. The first-order valence-electron chi connectivity index (χ1n) is 6.70. The minimum absolute atomic E-state index is 0.325. The summed E-state index contributed by atoms with van der Waals surface area (Å²) in [5.41, 5.74) is 6.99. The molecule has 1 aromatic heterocycles. The fourth-order valence-corrected chi connectivity index (χ4v) is 2.21. The van der Waals surface area contributed by atoms with Gasteiger partial charge in [0, 0.05) is 18.8 Å². The van der Waals surface area contributed by atoms with E-state index in [-0.39, 0.29) is 0 Å². The van der Waals surface area contributed by atoms with Crippen molar-refractivity contribution in [2.45, 2.75) is 59.9 Å². The van der Waals surface area contributed by atoms with Gasteiger partial charge in [-0.05, 0) is 44.1 Å². The van der Waals surface area contributed by atoms with Crippen LogP contribution in [-0.2, 0) is 13.5 Å². The Hall–Kier alpha value is -0.870. The van der Waals surface area contributed by atoms with Crippen molar-refractivity contribution in [3.63, 3.8) is 0 Å². The zero-order valence-corrected chi connectivity index (χ0v) is 12.7. The molecule has 4 nitrogen and oxygen atoms in total. The predicted molar refractivity (Wildman–Crippen MR) is 76.2 cm³/mol. The summed E-state index contributed by atoms with van der Waals surface area (Å²) in [5.74, 6) is 5.68. The van der Waals surface area contributed by atoms with Crippen molar-refractivity contribution >= 4 is 0 Å². The second-order valence-electron chi connectivity index (χ2n) is 6.44. The Kier molecular flexibility index (Phi) is 4.93. The van der Waals surface area contributed by atoms with E-state index < -0.39 is 0 Å². The summed E-state index contributed by atoms with van der Waals surface area (Å²) in [7, 11) is 1.99. The molecule has 1 aromatic rings. The van der Waals surface area contributed by atoms with Crippen LogP contribution >= 0.6 is 0 Å². The number of nitrogens with zero attached hydrogens (tertiary/aromatic N) is 2. The highest BCUT2D eigenvalue weighted by molar-refractivity contribution is 5.25. The Morgan fingerprint density at radius 3 is 2.33 bits per heavy atom. The highest BCUT2D eigenvalue weighted by Crippen LogP contribution is 2.23. The van der Waals surface area contributed by atoms with Crippen LogP contribution in [0.25, 0.3) is 0 Å². The lowest BCUT2D eigenvalue weighted by Crippen LogP contribution is -2.37. The zero-order chi connectivity index (χ0) is 13.9. The van der Waals surface area contributed by atoms with Crippen LogP contribution in [0.1, 0.15) is 50.6 Å². The Bertz CT molecular complexity index is 387. The van der Waals surface area contributed by atoms with Gasteiger partial charge in [-0.3, -0.25) is 16.0 Å². The molecule has 0 bridgehead atoms. The third-order valence-corrected chi connectivity index (χ3v) is 3.59. The smallest absolute Gasteiger partial charge is 0.0628 e. The van der Waals surface area contributed by atoms with Gasteiger partial charge < -0.3 is 0 Å². The number of nitrogens with one attached hydrogen (secondary N) is 1. The van der Waals surface area contributed by atoms with E-state index in [2.05, 4.69) is 45.1 Å². The number of rotatable bonds is 5. The summed E-state index contributed by atoms with van der Waals surface area (Å²) in [6, 6.07) is 0.325. The van der Waals surface area contributed by atoms with Crippen molar-refractivity contribution in [2.24, 2.45) is 18.3 Å². The normalized spacial score (nSPS) is 13.9. The third kappa shape index (κ3) is 4.10. The second kappa shape index (κ2) is 5.85. The van der Waals surface area contributed by atoms with Crippen molar-refractivity contribution in [2.75, 3.05) is 0 Å². The Labute approximate surface area is 111 Å². The molecule has 0 aliphatic rings. The van der Waals surface area contributed by atoms with Crippen molar-refractivity contribution in [3.8, 4) is 0 Å². The largest absolute Gasteiger partial charge is 0.272 e. The van der Waals surface area contributed by atoms with Crippen LogP contribution in [0, 0.1) is 19.3 Å². The van der Waals surface area contributed by atoms with Crippen molar-refractivity contribution in [1.82, 2.24) is 15.2 Å². The molecule has 1 atom stereocenters. The summed E-state index contributed by atoms with van der Waals surface area (Å²) >= 11 is 0. The van der Waals surface area contributed by atoms with Crippen LogP contribution in [0.5, 0.6) is 0 Å². The van der Waals surface area contributed by atoms with Gasteiger partial charge in [0.15, 0.2) is 0 Å². The maximum atomic E-state index is 5.68.